The van der Waals surface area contributed by atoms with Gasteiger partial charge in [-0.3, -0.25) is 4.79 Å². The molecule has 0 saturated heterocycles. The highest BCUT2D eigenvalue weighted by atomic mass is 16.5. The maximum atomic E-state index is 11.8. The molecule has 0 fully saturated rings. The topological polar surface area (TPSA) is 43.4 Å². The minimum atomic E-state index is -0.512. The van der Waals surface area contributed by atoms with Gasteiger partial charge >= 0.3 is 5.97 Å². The summed E-state index contributed by atoms with van der Waals surface area (Å²) in [6.07, 6.45) is 9.24. The molecule has 0 heterocycles. The highest BCUT2D eigenvalue weighted by molar-refractivity contribution is 5.94. The second-order valence-electron chi connectivity index (χ2n) is 4.77. The summed E-state index contributed by atoms with van der Waals surface area (Å²) in [4.78, 5) is 23.0. The van der Waals surface area contributed by atoms with Crippen LogP contribution in [0.25, 0.3) is 6.08 Å². The fraction of sp³-hybridized carbons (Fsp3) is 0.333. The van der Waals surface area contributed by atoms with Crippen LogP contribution in [-0.2, 0) is 9.59 Å². The fourth-order valence-corrected chi connectivity index (χ4v) is 1.85. The van der Waals surface area contributed by atoms with E-state index in [9.17, 15) is 9.59 Å². The summed E-state index contributed by atoms with van der Waals surface area (Å²) in [5.74, 6) is 0.00938. The molecule has 0 saturated carbocycles. The Morgan fingerprint density at radius 1 is 1.19 bits per heavy atom. The molecule has 0 spiro atoms. The number of hydrogen-bond acceptors (Lipinski definition) is 3. The van der Waals surface area contributed by atoms with Crippen LogP contribution in [0.5, 0.6) is 5.75 Å². The Hall–Kier alpha value is -2.16. The number of hydrogen-bond donors (Lipinski definition) is 0. The van der Waals surface area contributed by atoms with Crippen molar-refractivity contribution >= 4 is 17.8 Å². The SMILES string of the molecule is C=CC(=O)Oc1ccccc1C=CC(=O)CCCCCC. The zero-order valence-corrected chi connectivity index (χ0v) is 12.5. The van der Waals surface area contributed by atoms with E-state index in [1.807, 2.05) is 6.07 Å². The lowest BCUT2D eigenvalue weighted by Gasteiger charge is -2.04. The first-order valence-corrected chi connectivity index (χ1v) is 7.31. The first-order chi connectivity index (χ1) is 10.2. The van der Waals surface area contributed by atoms with Crippen molar-refractivity contribution < 1.29 is 14.3 Å². The molecule has 0 amide bonds. The quantitative estimate of drug-likeness (QED) is 0.294. The third kappa shape index (κ3) is 6.70. The van der Waals surface area contributed by atoms with Crippen LogP contribution >= 0.6 is 0 Å². The van der Waals surface area contributed by atoms with Crippen molar-refractivity contribution in [3.63, 3.8) is 0 Å². The summed E-state index contributed by atoms with van der Waals surface area (Å²) in [5.41, 5.74) is 0.703. The first-order valence-electron chi connectivity index (χ1n) is 7.31. The van der Waals surface area contributed by atoms with Gasteiger partial charge in [0.25, 0.3) is 0 Å². The van der Waals surface area contributed by atoms with E-state index in [-0.39, 0.29) is 5.78 Å². The van der Waals surface area contributed by atoms with Gasteiger partial charge in [0, 0.05) is 18.1 Å². The van der Waals surface area contributed by atoms with E-state index in [1.165, 1.54) is 0 Å². The molecule has 0 radical (unpaired) electrons. The van der Waals surface area contributed by atoms with Crippen LogP contribution in [0.15, 0.2) is 43.0 Å². The van der Waals surface area contributed by atoms with Crippen LogP contribution in [0.4, 0.5) is 0 Å². The van der Waals surface area contributed by atoms with E-state index in [2.05, 4.69) is 13.5 Å². The predicted molar refractivity (Wildman–Crippen MR) is 85.1 cm³/mol. The average Bonchev–Trinajstić information content (AvgIpc) is 2.50. The Morgan fingerprint density at radius 2 is 1.95 bits per heavy atom. The number of rotatable bonds is 9. The molecule has 3 heteroatoms. The van der Waals surface area contributed by atoms with Crippen LogP contribution in [0.3, 0.4) is 0 Å². The summed E-state index contributed by atoms with van der Waals surface area (Å²) in [6.45, 7) is 5.50. The largest absolute Gasteiger partial charge is 0.423 e. The lowest BCUT2D eigenvalue weighted by atomic mass is 10.1. The Bertz CT molecular complexity index is 515. The zero-order chi connectivity index (χ0) is 15.5. The summed E-state index contributed by atoms with van der Waals surface area (Å²) in [5, 5.41) is 0. The molecular formula is C18H22O3. The Morgan fingerprint density at radius 3 is 2.67 bits per heavy atom. The molecule has 0 bridgehead atoms. The molecule has 3 nitrogen and oxygen atoms in total. The van der Waals surface area contributed by atoms with Crippen LogP contribution in [0.2, 0.25) is 0 Å². The van der Waals surface area contributed by atoms with Crippen LogP contribution < -0.4 is 4.74 Å². The van der Waals surface area contributed by atoms with E-state index in [0.29, 0.717) is 17.7 Å². The number of benzene rings is 1. The minimum absolute atomic E-state index is 0.0935. The van der Waals surface area contributed by atoms with Gasteiger partial charge in [-0.05, 0) is 24.6 Å². The van der Waals surface area contributed by atoms with Gasteiger partial charge in [-0.1, -0.05) is 51.0 Å². The fourth-order valence-electron chi connectivity index (χ4n) is 1.85. The number of para-hydroxylation sites is 1. The van der Waals surface area contributed by atoms with Gasteiger partial charge in [-0.2, -0.15) is 0 Å². The van der Waals surface area contributed by atoms with Gasteiger partial charge in [0.2, 0.25) is 0 Å². The monoisotopic (exact) mass is 286 g/mol. The number of carbonyl (C=O) groups excluding carboxylic acids is 2. The molecule has 0 N–H and O–H groups in total. The molecule has 0 aromatic heterocycles. The van der Waals surface area contributed by atoms with Crippen molar-refractivity contribution in [1.29, 1.82) is 0 Å². The van der Waals surface area contributed by atoms with Gasteiger partial charge in [0.1, 0.15) is 5.75 Å². The maximum absolute atomic E-state index is 11.8. The van der Waals surface area contributed by atoms with Crippen molar-refractivity contribution in [3.05, 3.63) is 48.6 Å². The number of ketones is 1. The molecule has 21 heavy (non-hydrogen) atoms. The zero-order valence-electron chi connectivity index (χ0n) is 12.5. The Balaban J connectivity index is 2.60. The smallest absolute Gasteiger partial charge is 0.335 e. The van der Waals surface area contributed by atoms with Crippen LogP contribution in [0, 0.1) is 0 Å². The summed E-state index contributed by atoms with van der Waals surface area (Å²) in [7, 11) is 0. The van der Waals surface area contributed by atoms with E-state index in [1.54, 1.807) is 30.4 Å². The summed E-state index contributed by atoms with van der Waals surface area (Å²) >= 11 is 0. The molecule has 0 aliphatic carbocycles. The van der Waals surface area contributed by atoms with Crippen molar-refractivity contribution in [3.8, 4) is 5.75 Å². The van der Waals surface area contributed by atoms with Crippen molar-refractivity contribution in [1.82, 2.24) is 0 Å². The lowest BCUT2D eigenvalue weighted by molar-refractivity contribution is -0.129. The van der Waals surface area contributed by atoms with Crippen LogP contribution in [-0.4, -0.2) is 11.8 Å². The van der Waals surface area contributed by atoms with Crippen molar-refractivity contribution in [2.45, 2.75) is 39.0 Å². The second kappa shape index (κ2) is 9.70. The highest BCUT2D eigenvalue weighted by Crippen LogP contribution is 2.20. The second-order valence-corrected chi connectivity index (χ2v) is 4.77. The van der Waals surface area contributed by atoms with Crippen molar-refractivity contribution in [2.75, 3.05) is 0 Å². The third-order valence-electron chi connectivity index (χ3n) is 3.02. The number of unbranched alkanes of at least 4 members (excludes halogenated alkanes) is 3. The Labute approximate surface area is 126 Å². The first kappa shape index (κ1) is 16.9. The molecule has 1 aromatic carbocycles. The maximum Gasteiger partial charge on any atom is 0.335 e. The molecule has 1 aromatic rings. The van der Waals surface area contributed by atoms with E-state index in [4.69, 9.17) is 4.74 Å². The number of ether oxygens (including phenoxy) is 1. The standard InChI is InChI=1S/C18H22O3/c1-3-5-6-7-11-16(19)14-13-15-10-8-9-12-17(15)21-18(20)4-2/h4,8-10,12-14H,2-3,5-7,11H2,1H3. The molecular weight excluding hydrogens is 264 g/mol. The van der Waals surface area contributed by atoms with Gasteiger partial charge in [0.15, 0.2) is 5.78 Å². The molecule has 0 unspecified atom stereocenters. The molecule has 0 aliphatic heterocycles. The minimum Gasteiger partial charge on any atom is -0.423 e. The van der Waals surface area contributed by atoms with Gasteiger partial charge < -0.3 is 4.74 Å². The Kier molecular flexibility index (Phi) is 7.80. The van der Waals surface area contributed by atoms with E-state index < -0.39 is 5.97 Å². The lowest BCUT2D eigenvalue weighted by Crippen LogP contribution is -2.04. The normalized spacial score (nSPS) is 10.5. The number of esters is 1. The van der Waals surface area contributed by atoms with E-state index >= 15 is 0 Å². The molecule has 112 valence electrons. The predicted octanol–water partition coefficient (Wildman–Crippen LogP) is 4.33. The third-order valence-corrected chi connectivity index (χ3v) is 3.02. The number of allylic oxidation sites excluding steroid dienone is 1. The van der Waals surface area contributed by atoms with Gasteiger partial charge in [0.05, 0.1) is 0 Å². The van der Waals surface area contributed by atoms with Crippen molar-refractivity contribution in [2.24, 2.45) is 0 Å². The average molecular weight is 286 g/mol. The van der Waals surface area contributed by atoms with Crippen LogP contribution in [0.1, 0.15) is 44.6 Å². The number of carbonyl (C=O) groups is 2. The molecule has 0 atom stereocenters. The summed E-state index contributed by atoms with van der Waals surface area (Å²) in [6, 6.07) is 7.09. The van der Waals surface area contributed by atoms with Gasteiger partial charge in [-0.25, -0.2) is 4.79 Å². The molecule has 1 rings (SSSR count). The highest BCUT2D eigenvalue weighted by Gasteiger charge is 2.04. The summed E-state index contributed by atoms with van der Waals surface area (Å²) < 4.78 is 5.12. The molecule has 0 aliphatic rings. The van der Waals surface area contributed by atoms with Gasteiger partial charge in [-0.15, -0.1) is 0 Å². The van der Waals surface area contributed by atoms with E-state index in [0.717, 1.165) is 31.8 Å².